The molecule has 11 heteroatoms. The molecule has 0 unspecified atom stereocenters. The Balaban J connectivity index is 3.90. The highest BCUT2D eigenvalue weighted by molar-refractivity contribution is 7.88. The summed E-state index contributed by atoms with van der Waals surface area (Å²) in [6.45, 7) is 5.98. The Bertz CT molecular complexity index is 499. The quantitative estimate of drug-likeness (QED) is 0.218. The highest BCUT2D eigenvalue weighted by atomic mass is 32.2. The third kappa shape index (κ3) is 16.2. The molecule has 0 spiro atoms. The summed E-state index contributed by atoms with van der Waals surface area (Å²) in [5.41, 5.74) is 0. The maximum Gasteiger partial charge on any atom is 0.332 e. The standard InChI is InChI=1S/C17H35NO9S/c1-15(2)27-16(12-18(3)28(5,20)21)13-26-17(19)14-25-11-10-24-9-8-23-7-6-22-4/h15-16H,6-14H2,1-5H3/t16-/m0/s1. The van der Waals surface area contributed by atoms with E-state index in [0.717, 1.165) is 10.6 Å². The van der Waals surface area contributed by atoms with Crippen LogP contribution < -0.4 is 0 Å². The maximum atomic E-state index is 11.7. The normalized spacial score (nSPS) is 13.2. The lowest BCUT2D eigenvalue weighted by Gasteiger charge is -2.24. The smallest absolute Gasteiger partial charge is 0.332 e. The molecule has 0 bridgehead atoms. The molecule has 168 valence electrons. The first-order chi connectivity index (χ1) is 13.2. The highest BCUT2D eigenvalue weighted by Gasteiger charge is 2.21. The van der Waals surface area contributed by atoms with Crippen molar-refractivity contribution in [2.24, 2.45) is 0 Å². The van der Waals surface area contributed by atoms with Gasteiger partial charge in [0.15, 0.2) is 0 Å². The SMILES string of the molecule is COCCOCCOCCOCC(=O)OC[C@H](CN(C)S(C)(=O)=O)OC(C)C. The van der Waals surface area contributed by atoms with Crippen LogP contribution in [0.2, 0.25) is 0 Å². The number of nitrogens with zero attached hydrogens (tertiary/aromatic N) is 1. The summed E-state index contributed by atoms with van der Waals surface area (Å²) in [6.07, 6.45) is 0.404. The number of esters is 1. The van der Waals surface area contributed by atoms with Gasteiger partial charge >= 0.3 is 5.97 Å². The Morgan fingerprint density at radius 2 is 1.50 bits per heavy atom. The van der Waals surface area contributed by atoms with Crippen molar-refractivity contribution in [1.82, 2.24) is 4.31 Å². The molecule has 0 aromatic carbocycles. The lowest BCUT2D eigenvalue weighted by atomic mass is 10.3. The summed E-state index contributed by atoms with van der Waals surface area (Å²) in [7, 11) is -0.296. The van der Waals surface area contributed by atoms with Gasteiger partial charge in [0.2, 0.25) is 10.0 Å². The first-order valence-corrected chi connectivity index (χ1v) is 11.0. The lowest BCUT2D eigenvalue weighted by Crippen LogP contribution is -2.39. The number of hydrogen-bond donors (Lipinski definition) is 0. The van der Waals surface area contributed by atoms with Crippen molar-refractivity contribution < 1.29 is 41.6 Å². The second-order valence-electron chi connectivity index (χ2n) is 6.30. The molecule has 0 aromatic heterocycles. The molecular weight excluding hydrogens is 394 g/mol. The van der Waals surface area contributed by atoms with Crippen molar-refractivity contribution in [1.29, 1.82) is 0 Å². The monoisotopic (exact) mass is 429 g/mol. The van der Waals surface area contributed by atoms with Crippen molar-refractivity contribution in [3.63, 3.8) is 0 Å². The van der Waals surface area contributed by atoms with E-state index in [4.69, 9.17) is 28.4 Å². The van der Waals surface area contributed by atoms with Gasteiger partial charge in [0.25, 0.3) is 0 Å². The van der Waals surface area contributed by atoms with Crippen molar-refractivity contribution in [3.05, 3.63) is 0 Å². The largest absolute Gasteiger partial charge is 0.461 e. The number of rotatable bonds is 18. The molecule has 0 heterocycles. The predicted molar refractivity (Wildman–Crippen MR) is 103 cm³/mol. The van der Waals surface area contributed by atoms with Gasteiger partial charge in [-0.2, -0.15) is 0 Å². The van der Waals surface area contributed by atoms with E-state index in [1.165, 1.54) is 7.05 Å². The van der Waals surface area contributed by atoms with Crippen LogP contribution in [0.4, 0.5) is 0 Å². The number of carbonyl (C=O) groups excluding carboxylic acids is 1. The summed E-state index contributed by atoms with van der Waals surface area (Å²) in [4.78, 5) is 11.7. The summed E-state index contributed by atoms with van der Waals surface area (Å²) in [6, 6.07) is 0. The van der Waals surface area contributed by atoms with Crippen LogP contribution in [0.3, 0.4) is 0 Å². The van der Waals surface area contributed by atoms with Crippen molar-refractivity contribution in [2.75, 3.05) is 79.8 Å². The second-order valence-corrected chi connectivity index (χ2v) is 8.39. The average Bonchev–Trinajstić information content (AvgIpc) is 2.60. The molecule has 1 atom stereocenters. The summed E-state index contributed by atoms with van der Waals surface area (Å²) in [5.74, 6) is -0.553. The molecule has 0 saturated heterocycles. The summed E-state index contributed by atoms with van der Waals surface area (Å²) < 4.78 is 55.5. The van der Waals surface area contributed by atoms with Gasteiger partial charge in [0.1, 0.15) is 19.3 Å². The van der Waals surface area contributed by atoms with E-state index >= 15 is 0 Å². The zero-order valence-electron chi connectivity index (χ0n) is 17.5. The number of hydrogen-bond acceptors (Lipinski definition) is 9. The van der Waals surface area contributed by atoms with Crippen LogP contribution in [0.25, 0.3) is 0 Å². The van der Waals surface area contributed by atoms with Gasteiger partial charge in [-0.15, -0.1) is 0 Å². The van der Waals surface area contributed by atoms with Crippen LogP contribution in [-0.2, 0) is 43.2 Å². The zero-order chi connectivity index (χ0) is 21.4. The summed E-state index contributed by atoms with van der Waals surface area (Å²) in [5, 5.41) is 0. The van der Waals surface area contributed by atoms with Gasteiger partial charge in [-0.1, -0.05) is 0 Å². The van der Waals surface area contributed by atoms with E-state index in [1.54, 1.807) is 7.11 Å². The average molecular weight is 430 g/mol. The van der Waals surface area contributed by atoms with Gasteiger partial charge in [-0.3, -0.25) is 0 Å². The molecule has 0 aliphatic rings. The Morgan fingerprint density at radius 1 is 0.964 bits per heavy atom. The molecular formula is C17H35NO9S. The molecule has 10 nitrogen and oxygen atoms in total. The van der Waals surface area contributed by atoms with Crippen LogP contribution in [0.1, 0.15) is 13.8 Å². The van der Waals surface area contributed by atoms with Crippen LogP contribution in [-0.4, -0.2) is 111 Å². The fraction of sp³-hybridized carbons (Fsp3) is 0.941. The zero-order valence-corrected chi connectivity index (χ0v) is 18.4. The Hall–Kier alpha value is -0.820. The Morgan fingerprint density at radius 3 is 2.00 bits per heavy atom. The van der Waals surface area contributed by atoms with Crippen LogP contribution in [0, 0.1) is 0 Å². The molecule has 0 amide bonds. The lowest BCUT2D eigenvalue weighted by molar-refractivity contribution is -0.155. The molecule has 0 fully saturated rings. The minimum Gasteiger partial charge on any atom is -0.461 e. The number of ether oxygens (including phenoxy) is 6. The van der Waals surface area contributed by atoms with Crippen LogP contribution in [0.5, 0.6) is 0 Å². The topological polar surface area (TPSA) is 110 Å². The minimum atomic E-state index is -3.35. The summed E-state index contributed by atoms with van der Waals surface area (Å²) >= 11 is 0. The Labute approximate surface area is 168 Å². The molecule has 28 heavy (non-hydrogen) atoms. The van der Waals surface area contributed by atoms with E-state index in [1.807, 2.05) is 13.8 Å². The second kappa shape index (κ2) is 16.0. The molecule has 0 aliphatic carbocycles. The predicted octanol–water partition coefficient (Wildman–Crippen LogP) is -0.0892. The highest BCUT2D eigenvalue weighted by Crippen LogP contribution is 2.04. The number of carbonyl (C=O) groups is 1. The van der Waals surface area contributed by atoms with Crippen molar-refractivity contribution in [3.8, 4) is 0 Å². The fourth-order valence-electron chi connectivity index (χ4n) is 1.91. The maximum absolute atomic E-state index is 11.7. The third-order valence-corrected chi connectivity index (χ3v) is 4.60. The number of methoxy groups -OCH3 is 1. The number of sulfonamides is 1. The molecule has 0 aliphatic heterocycles. The molecule has 0 rings (SSSR count). The van der Waals surface area contributed by atoms with Gasteiger partial charge in [0, 0.05) is 20.7 Å². The van der Waals surface area contributed by atoms with E-state index in [9.17, 15) is 13.2 Å². The first-order valence-electron chi connectivity index (χ1n) is 9.11. The molecule has 0 aromatic rings. The van der Waals surface area contributed by atoms with Crippen LogP contribution >= 0.6 is 0 Å². The Kier molecular flexibility index (Phi) is 15.6. The van der Waals surface area contributed by atoms with Crippen LogP contribution in [0.15, 0.2) is 0 Å². The van der Waals surface area contributed by atoms with Gasteiger partial charge in [-0.05, 0) is 13.8 Å². The van der Waals surface area contributed by atoms with Gasteiger partial charge in [-0.25, -0.2) is 17.5 Å². The van der Waals surface area contributed by atoms with E-state index in [-0.39, 0.29) is 32.5 Å². The molecule has 0 N–H and O–H groups in total. The van der Waals surface area contributed by atoms with Gasteiger partial charge in [0.05, 0.1) is 52.0 Å². The molecule has 0 saturated carbocycles. The fourth-order valence-corrected chi connectivity index (χ4v) is 2.34. The van der Waals surface area contributed by atoms with E-state index < -0.39 is 22.1 Å². The van der Waals surface area contributed by atoms with E-state index in [0.29, 0.717) is 33.0 Å². The van der Waals surface area contributed by atoms with Crippen molar-refractivity contribution >= 4 is 16.0 Å². The van der Waals surface area contributed by atoms with Crippen molar-refractivity contribution in [2.45, 2.75) is 26.1 Å². The molecule has 0 radical (unpaired) electrons. The number of likely N-dealkylation sites (N-methyl/N-ethyl adjacent to an activating group) is 1. The third-order valence-electron chi connectivity index (χ3n) is 3.32. The first kappa shape index (κ1) is 27.2. The minimum absolute atomic E-state index is 0.0600. The van der Waals surface area contributed by atoms with Gasteiger partial charge < -0.3 is 28.4 Å². The van der Waals surface area contributed by atoms with E-state index in [2.05, 4.69) is 0 Å².